The normalized spacial score (nSPS) is 10.2. The summed E-state index contributed by atoms with van der Waals surface area (Å²) in [5.41, 5.74) is 2.00. The Labute approximate surface area is 286 Å². The summed E-state index contributed by atoms with van der Waals surface area (Å²) in [5, 5.41) is 44.3. The molecule has 0 spiro atoms. The number of likely N-dealkylation sites (N-methyl/N-ethyl adjacent to an activating group) is 1. The van der Waals surface area contributed by atoms with E-state index in [2.05, 4.69) is 21.3 Å². The number of aliphatic hydroxyl groups is 2. The van der Waals surface area contributed by atoms with E-state index in [4.69, 9.17) is 20.4 Å². The minimum Gasteiger partial charge on any atom is -0.478 e. The van der Waals surface area contributed by atoms with Gasteiger partial charge in [0.05, 0.1) is 29.9 Å². The molecule has 15 nitrogen and oxygen atoms in total. The largest absolute Gasteiger partial charge is 0.478 e. The van der Waals surface area contributed by atoms with Crippen LogP contribution >= 0.6 is 0 Å². The number of carboxylic acids is 2. The zero-order chi connectivity index (χ0) is 36.6. The first-order valence-electron chi connectivity index (χ1n) is 15.0. The van der Waals surface area contributed by atoms with Crippen LogP contribution < -0.4 is 26.2 Å². The van der Waals surface area contributed by atoms with Gasteiger partial charge in [-0.15, -0.1) is 0 Å². The average molecular weight is 686 g/mol. The number of benzene rings is 4. The van der Waals surface area contributed by atoms with Gasteiger partial charge in [0.1, 0.15) is 0 Å². The van der Waals surface area contributed by atoms with E-state index in [0.717, 1.165) is 0 Å². The van der Waals surface area contributed by atoms with Crippen LogP contribution in [0.1, 0.15) is 43.6 Å². The Kier molecular flexibility index (Phi) is 14.1. The SMILES string of the molecule is CCN(C(=O)CNC(=O)Nc1cccc(C(=O)O)c1)c1ccccc1C(=O)c1ccccc1.O=C(NCC(O)O)Nc1cccc(C(=O)O)c1. The number of hydrogen-bond donors (Lipinski definition) is 8. The Balaban J connectivity index is 0.000000335. The number of ketones is 1. The highest BCUT2D eigenvalue weighted by atomic mass is 16.5. The maximum Gasteiger partial charge on any atom is 0.335 e. The zero-order valence-corrected chi connectivity index (χ0v) is 26.7. The summed E-state index contributed by atoms with van der Waals surface area (Å²) in [4.78, 5) is 72.4. The van der Waals surface area contributed by atoms with Crippen molar-refractivity contribution in [3.63, 3.8) is 0 Å². The lowest BCUT2D eigenvalue weighted by atomic mass is 10.0. The molecule has 0 saturated heterocycles. The third-order valence-electron chi connectivity index (χ3n) is 6.67. The second-order valence-electron chi connectivity index (χ2n) is 10.2. The second-order valence-corrected chi connectivity index (χ2v) is 10.2. The molecule has 0 aliphatic rings. The molecule has 0 aliphatic carbocycles. The van der Waals surface area contributed by atoms with Crippen LogP contribution in [0.4, 0.5) is 26.7 Å². The second kappa shape index (κ2) is 18.7. The van der Waals surface area contributed by atoms with E-state index in [1.807, 2.05) is 6.07 Å². The number of rotatable bonds is 12. The number of aromatic carboxylic acids is 2. The van der Waals surface area contributed by atoms with Gasteiger partial charge in [0.15, 0.2) is 12.1 Å². The number of nitrogens with one attached hydrogen (secondary N) is 4. The van der Waals surface area contributed by atoms with E-state index in [1.54, 1.807) is 55.5 Å². The molecule has 0 heterocycles. The van der Waals surface area contributed by atoms with Crippen LogP contribution in [-0.2, 0) is 4.79 Å². The fraction of sp³-hybridized carbons (Fsp3) is 0.143. The third-order valence-corrected chi connectivity index (χ3v) is 6.67. The Hall–Kier alpha value is -6.58. The van der Waals surface area contributed by atoms with Gasteiger partial charge in [-0.3, -0.25) is 9.59 Å². The molecule has 8 N–H and O–H groups in total. The topological polar surface area (TPSA) is 235 Å². The lowest BCUT2D eigenvalue weighted by molar-refractivity contribution is -0.117. The van der Waals surface area contributed by atoms with Gasteiger partial charge in [-0.05, 0) is 55.5 Å². The minimum absolute atomic E-state index is 0.0284. The van der Waals surface area contributed by atoms with Crippen LogP contribution in [0.15, 0.2) is 103 Å². The van der Waals surface area contributed by atoms with Crippen molar-refractivity contribution in [2.24, 2.45) is 0 Å². The van der Waals surface area contributed by atoms with E-state index in [-0.39, 0.29) is 35.7 Å². The van der Waals surface area contributed by atoms with Gasteiger partial charge in [-0.2, -0.15) is 0 Å². The van der Waals surface area contributed by atoms with Gasteiger partial charge in [0, 0.05) is 29.0 Å². The molecule has 50 heavy (non-hydrogen) atoms. The van der Waals surface area contributed by atoms with Crippen LogP contribution in [0.3, 0.4) is 0 Å². The number of carbonyl (C=O) groups excluding carboxylic acids is 4. The summed E-state index contributed by atoms with van der Waals surface area (Å²) in [6.45, 7) is 1.44. The molecule has 0 saturated carbocycles. The molecule has 0 unspecified atom stereocenters. The Morgan fingerprint density at radius 3 is 1.66 bits per heavy atom. The van der Waals surface area contributed by atoms with E-state index in [0.29, 0.717) is 29.0 Å². The average Bonchev–Trinajstić information content (AvgIpc) is 3.11. The van der Waals surface area contributed by atoms with Gasteiger partial charge >= 0.3 is 24.0 Å². The van der Waals surface area contributed by atoms with E-state index >= 15 is 0 Å². The van der Waals surface area contributed by atoms with Crippen LogP contribution in [0.5, 0.6) is 0 Å². The number of amides is 5. The van der Waals surface area contributed by atoms with Crippen molar-refractivity contribution in [3.8, 4) is 0 Å². The number of carbonyl (C=O) groups is 6. The number of anilines is 3. The Bertz CT molecular complexity index is 1830. The van der Waals surface area contributed by atoms with Gasteiger partial charge in [0.25, 0.3) is 0 Å². The van der Waals surface area contributed by atoms with Crippen molar-refractivity contribution in [3.05, 3.63) is 125 Å². The van der Waals surface area contributed by atoms with Crippen molar-refractivity contribution >= 4 is 52.8 Å². The molecule has 0 bridgehead atoms. The van der Waals surface area contributed by atoms with Gasteiger partial charge < -0.3 is 46.6 Å². The highest BCUT2D eigenvalue weighted by Gasteiger charge is 2.21. The molecule has 4 aromatic rings. The molecule has 4 aromatic carbocycles. The maximum absolute atomic E-state index is 13.0. The number of nitrogens with zero attached hydrogens (tertiary/aromatic N) is 1. The predicted octanol–water partition coefficient (Wildman–Crippen LogP) is 3.61. The molecule has 0 radical (unpaired) electrons. The van der Waals surface area contributed by atoms with Gasteiger partial charge in [0.2, 0.25) is 5.91 Å². The van der Waals surface area contributed by atoms with E-state index in [9.17, 15) is 28.8 Å². The molecule has 0 aromatic heterocycles. The number of aliphatic hydroxyl groups excluding tert-OH is 1. The number of carboxylic acid groups (broad SMARTS) is 2. The van der Waals surface area contributed by atoms with Crippen LogP contribution in [0, 0.1) is 0 Å². The maximum atomic E-state index is 13.0. The molecule has 0 atom stereocenters. The number of para-hydroxylation sites is 1. The van der Waals surface area contributed by atoms with Crippen molar-refractivity contribution in [1.29, 1.82) is 0 Å². The fourth-order valence-electron chi connectivity index (χ4n) is 4.37. The van der Waals surface area contributed by atoms with Crippen LogP contribution in [0.25, 0.3) is 0 Å². The van der Waals surface area contributed by atoms with Gasteiger partial charge in [-0.1, -0.05) is 54.6 Å². The molecule has 5 amide bonds. The van der Waals surface area contributed by atoms with Crippen molar-refractivity contribution in [2.45, 2.75) is 13.2 Å². The van der Waals surface area contributed by atoms with Crippen molar-refractivity contribution in [1.82, 2.24) is 10.6 Å². The zero-order valence-electron chi connectivity index (χ0n) is 26.7. The summed E-state index contributed by atoms with van der Waals surface area (Å²) < 4.78 is 0. The monoisotopic (exact) mass is 685 g/mol. The summed E-state index contributed by atoms with van der Waals surface area (Å²) in [6, 6.07) is 25.7. The Morgan fingerprint density at radius 1 is 0.640 bits per heavy atom. The first-order valence-corrected chi connectivity index (χ1v) is 15.0. The van der Waals surface area contributed by atoms with Crippen molar-refractivity contribution < 1.29 is 49.2 Å². The lowest BCUT2D eigenvalue weighted by Gasteiger charge is -2.23. The van der Waals surface area contributed by atoms with Crippen LogP contribution in [0.2, 0.25) is 0 Å². The summed E-state index contributed by atoms with van der Waals surface area (Å²) in [7, 11) is 0. The van der Waals surface area contributed by atoms with Crippen LogP contribution in [-0.4, -0.2) is 82.0 Å². The van der Waals surface area contributed by atoms with E-state index < -0.39 is 36.2 Å². The summed E-state index contributed by atoms with van der Waals surface area (Å²) >= 11 is 0. The molecular weight excluding hydrogens is 650 g/mol. The lowest BCUT2D eigenvalue weighted by Crippen LogP contribution is -2.42. The molecule has 4 rings (SSSR count). The molecule has 260 valence electrons. The first kappa shape index (κ1) is 37.9. The molecule has 0 aliphatic heterocycles. The molecule has 15 heteroatoms. The first-order chi connectivity index (χ1) is 23.9. The highest BCUT2D eigenvalue weighted by molar-refractivity contribution is 6.14. The minimum atomic E-state index is -1.63. The standard InChI is InChI=1S/C25H23N3O5.C10H12N2O5/c1-2-28(21-14-7-6-13-20(21)23(30)17-9-4-3-5-10-17)22(29)16-26-25(33)27-19-12-8-11-18(15-19)24(31)32;13-8(14)5-11-10(17)12-7-3-1-2-6(4-7)9(15)16/h3-15H,2,16H2,1H3,(H,31,32)(H2,26,27,33);1-4,8,13-14H,5H2,(H,15,16)(H2,11,12,17). The summed E-state index contributed by atoms with van der Waals surface area (Å²) in [5.74, 6) is -2.82. The third kappa shape index (κ3) is 11.6. The van der Waals surface area contributed by atoms with Gasteiger partial charge in [-0.25, -0.2) is 19.2 Å². The summed E-state index contributed by atoms with van der Waals surface area (Å²) in [6.07, 6.45) is -1.63. The quantitative estimate of drug-likeness (QED) is 0.0797. The molecular formula is C35H35N5O10. The highest BCUT2D eigenvalue weighted by Crippen LogP contribution is 2.23. The van der Waals surface area contributed by atoms with Crippen molar-refractivity contribution in [2.75, 3.05) is 35.2 Å². The smallest absolute Gasteiger partial charge is 0.335 e. The predicted molar refractivity (Wildman–Crippen MR) is 183 cm³/mol. The molecule has 0 fully saturated rings. The Morgan fingerprint density at radius 2 is 1.14 bits per heavy atom. The fourth-order valence-corrected chi connectivity index (χ4v) is 4.37. The number of urea groups is 2. The van der Waals surface area contributed by atoms with E-state index in [1.165, 1.54) is 53.4 Å². The number of hydrogen-bond acceptors (Lipinski definition) is 8.